The molecule has 0 spiro atoms. The fourth-order valence-electron chi connectivity index (χ4n) is 4.16. The second-order valence-corrected chi connectivity index (χ2v) is 7.65. The molecule has 28 heavy (non-hydrogen) atoms. The number of amides is 1. The number of fused-ring (bicyclic) bond motifs is 1. The van der Waals surface area contributed by atoms with Crippen molar-refractivity contribution >= 4 is 11.7 Å². The summed E-state index contributed by atoms with van der Waals surface area (Å²) in [6.07, 6.45) is 3.63. The number of benzene rings is 1. The molecule has 2 aromatic rings. The van der Waals surface area contributed by atoms with Crippen molar-refractivity contribution in [2.45, 2.75) is 25.3 Å². The number of aryl methyl sites for hydroxylation is 1. The van der Waals surface area contributed by atoms with Crippen molar-refractivity contribution in [2.75, 3.05) is 45.2 Å². The third kappa shape index (κ3) is 3.83. The van der Waals surface area contributed by atoms with Crippen molar-refractivity contribution < 1.29 is 9.53 Å². The van der Waals surface area contributed by atoms with E-state index in [4.69, 9.17) is 4.74 Å². The second kappa shape index (κ2) is 8.19. The van der Waals surface area contributed by atoms with E-state index in [0.29, 0.717) is 6.54 Å². The first-order valence-electron chi connectivity index (χ1n) is 9.97. The molecular weight excluding hydrogens is 352 g/mol. The van der Waals surface area contributed by atoms with E-state index >= 15 is 0 Å². The molecule has 1 N–H and O–H groups in total. The maximum Gasteiger partial charge on any atom is 0.227 e. The van der Waals surface area contributed by atoms with Crippen LogP contribution in [0.25, 0.3) is 0 Å². The fourth-order valence-corrected chi connectivity index (χ4v) is 4.16. The van der Waals surface area contributed by atoms with Crippen molar-refractivity contribution in [1.29, 1.82) is 0 Å². The lowest BCUT2D eigenvalue weighted by Gasteiger charge is -2.34. The molecule has 6 heteroatoms. The minimum absolute atomic E-state index is 0.0835. The van der Waals surface area contributed by atoms with Crippen LogP contribution in [0.4, 0.5) is 5.82 Å². The van der Waals surface area contributed by atoms with Crippen molar-refractivity contribution in [3.05, 3.63) is 53.2 Å². The van der Waals surface area contributed by atoms with Gasteiger partial charge in [-0.05, 0) is 49.2 Å². The van der Waals surface area contributed by atoms with Gasteiger partial charge in [0.15, 0.2) is 0 Å². The number of pyridine rings is 1. The molecule has 0 radical (unpaired) electrons. The zero-order valence-corrected chi connectivity index (χ0v) is 16.6. The molecule has 2 heterocycles. The molecule has 148 valence electrons. The zero-order chi connectivity index (χ0) is 19.5. The Morgan fingerprint density at radius 2 is 2.07 bits per heavy atom. The molecule has 1 atom stereocenters. The predicted octanol–water partition coefficient (Wildman–Crippen LogP) is 2.19. The van der Waals surface area contributed by atoms with Gasteiger partial charge in [-0.2, -0.15) is 0 Å². The molecule has 1 aromatic carbocycles. The number of carbonyl (C=O) groups excluding carboxylic acids is 1. The molecule has 1 aliphatic heterocycles. The lowest BCUT2D eigenvalue weighted by atomic mass is 10.00. The molecule has 2 aliphatic rings. The Kier molecular flexibility index (Phi) is 5.48. The van der Waals surface area contributed by atoms with Crippen LogP contribution in [-0.4, -0.2) is 56.1 Å². The van der Waals surface area contributed by atoms with Crippen LogP contribution in [-0.2, 0) is 17.8 Å². The van der Waals surface area contributed by atoms with Gasteiger partial charge in [0, 0.05) is 44.5 Å². The van der Waals surface area contributed by atoms with Gasteiger partial charge in [0.2, 0.25) is 5.91 Å². The summed E-state index contributed by atoms with van der Waals surface area (Å²) in [7, 11) is 3.80. The lowest BCUT2D eigenvalue weighted by molar-refractivity contribution is -0.122. The molecule has 1 saturated heterocycles. The first-order valence-corrected chi connectivity index (χ1v) is 9.97. The van der Waals surface area contributed by atoms with E-state index < -0.39 is 0 Å². The van der Waals surface area contributed by atoms with Gasteiger partial charge in [0.05, 0.1) is 13.0 Å². The van der Waals surface area contributed by atoms with Crippen LogP contribution < -0.4 is 15.0 Å². The molecule has 0 bridgehead atoms. The maximum absolute atomic E-state index is 12.9. The summed E-state index contributed by atoms with van der Waals surface area (Å²) in [5, 5.41) is 3.15. The van der Waals surface area contributed by atoms with E-state index in [-0.39, 0.29) is 11.8 Å². The standard InChI is InChI=1S/C22H28N4O2/c1-25-10-12-26(13-11-25)21-17(4-3-9-23-21)15-24-22(27)19-8-6-16-5-7-18(28-2)14-20(16)19/h3-5,7,9,14,19H,6,8,10-13,15H2,1-2H3,(H,24,27). The number of carbonyl (C=O) groups is 1. The van der Waals surface area contributed by atoms with Crippen LogP contribution in [0.5, 0.6) is 5.75 Å². The van der Waals surface area contributed by atoms with Crippen molar-refractivity contribution in [2.24, 2.45) is 0 Å². The summed E-state index contributed by atoms with van der Waals surface area (Å²) in [6, 6.07) is 10.1. The average Bonchev–Trinajstić information content (AvgIpc) is 3.16. The quantitative estimate of drug-likeness (QED) is 0.862. The highest BCUT2D eigenvalue weighted by Gasteiger charge is 2.29. The summed E-state index contributed by atoms with van der Waals surface area (Å²) in [5.41, 5.74) is 3.42. The number of ether oxygens (including phenoxy) is 1. The zero-order valence-electron chi connectivity index (χ0n) is 16.6. The Morgan fingerprint density at radius 1 is 1.25 bits per heavy atom. The van der Waals surface area contributed by atoms with Gasteiger partial charge in [-0.1, -0.05) is 12.1 Å². The van der Waals surface area contributed by atoms with Gasteiger partial charge in [-0.15, -0.1) is 0 Å². The lowest BCUT2D eigenvalue weighted by Crippen LogP contribution is -2.45. The van der Waals surface area contributed by atoms with Crippen molar-refractivity contribution in [3.63, 3.8) is 0 Å². The van der Waals surface area contributed by atoms with Crippen LogP contribution >= 0.6 is 0 Å². The van der Waals surface area contributed by atoms with Gasteiger partial charge in [0.1, 0.15) is 11.6 Å². The average molecular weight is 380 g/mol. The number of methoxy groups -OCH3 is 1. The van der Waals surface area contributed by atoms with E-state index in [1.165, 1.54) is 5.56 Å². The van der Waals surface area contributed by atoms with Crippen LogP contribution in [0.1, 0.15) is 29.0 Å². The number of piperazine rings is 1. The summed E-state index contributed by atoms with van der Waals surface area (Å²) >= 11 is 0. The summed E-state index contributed by atoms with van der Waals surface area (Å²) in [5.74, 6) is 1.78. The smallest absolute Gasteiger partial charge is 0.227 e. The predicted molar refractivity (Wildman–Crippen MR) is 110 cm³/mol. The van der Waals surface area contributed by atoms with Gasteiger partial charge < -0.3 is 19.9 Å². The van der Waals surface area contributed by atoms with Gasteiger partial charge in [0.25, 0.3) is 0 Å². The fraction of sp³-hybridized carbons (Fsp3) is 0.455. The number of nitrogens with zero attached hydrogens (tertiary/aromatic N) is 3. The molecule has 6 nitrogen and oxygen atoms in total. The highest BCUT2D eigenvalue weighted by molar-refractivity contribution is 5.85. The number of hydrogen-bond acceptors (Lipinski definition) is 5. The molecule has 1 fully saturated rings. The first kappa shape index (κ1) is 18.7. The Bertz CT molecular complexity index is 846. The number of nitrogens with one attached hydrogen (secondary N) is 1. The number of rotatable bonds is 5. The topological polar surface area (TPSA) is 57.7 Å². The van der Waals surface area contributed by atoms with Crippen LogP contribution in [0.2, 0.25) is 0 Å². The summed E-state index contributed by atoms with van der Waals surface area (Å²) in [6.45, 7) is 4.49. The molecule has 0 saturated carbocycles. The molecular formula is C22H28N4O2. The highest BCUT2D eigenvalue weighted by Crippen LogP contribution is 2.35. The Hall–Kier alpha value is -2.60. The molecule has 1 aliphatic carbocycles. The second-order valence-electron chi connectivity index (χ2n) is 7.65. The third-order valence-electron chi connectivity index (χ3n) is 5.87. The van der Waals surface area contributed by atoms with Crippen LogP contribution in [0, 0.1) is 0 Å². The largest absolute Gasteiger partial charge is 0.497 e. The SMILES string of the molecule is COc1ccc2c(c1)C(C(=O)NCc1cccnc1N1CCN(C)CC1)CC2. The molecule has 4 rings (SSSR count). The monoisotopic (exact) mass is 380 g/mol. The van der Waals surface area contributed by atoms with E-state index in [1.54, 1.807) is 7.11 Å². The van der Waals surface area contributed by atoms with Crippen LogP contribution in [0.15, 0.2) is 36.5 Å². The van der Waals surface area contributed by atoms with E-state index in [0.717, 1.165) is 61.7 Å². The van der Waals surface area contributed by atoms with Gasteiger partial charge in [-0.25, -0.2) is 4.98 Å². The number of likely N-dealkylation sites (N-methyl/N-ethyl adjacent to an activating group) is 1. The first-order chi connectivity index (χ1) is 13.7. The van der Waals surface area contributed by atoms with E-state index in [9.17, 15) is 4.79 Å². The van der Waals surface area contributed by atoms with Gasteiger partial charge in [-0.3, -0.25) is 4.79 Å². The molecule has 1 unspecified atom stereocenters. The molecule has 1 aromatic heterocycles. The number of aromatic nitrogens is 1. The minimum atomic E-state index is -0.103. The van der Waals surface area contributed by atoms with E-state index in [1.807, 2.05) is 24.4 Å². The van der Waals surface area contributed by atoms with Crippen LogP contribution in [0.3, 0.4) is 0 Å². The van der Waals surface area contributed by atoms with Crippen molar-refractivity contribution in [3.8, 4) is 5.75 Å². The Morgan fingerprint density at radius 3 is 2.86 bits per heavy atom. The van der Waals surface area contributed by atoms with Gasteiger partial charge >= 0.3 is 0 Å². The maximum atomic E-state index is 12.9. The molecule has 1 amide bonds. The van der Waals surface area contributed by atoms with E-state index in [2.05, 4.69) is 39.3 Å². The highest BCUT2D eigenvalue weighted by atomic mass is 16.5. The third-order valence-corrected chi connectivity index (χ3v) is 5.87. The Labute approximate surface area is 166 Å². The van der Waals surface area contributed by atoms with Crippen molar-refractivity contribution in [1.82, 2.24) is 15.2 Å². The normalized spacial score (nSPS) is 19.4. The summed E-state index contributed by atoms with van der Waals surface area (Å²) < 4.78 is 5.34. The minimum Gasteiger partial charge on any atom is -0.497 e. The number of anilines is 1. The number of hydrogen-bond donors (Lipinski definition) is 1. The Balaban J connectivity index is 1.44. The summed E-state index contributed by atoms with van der Waals surface area (Å²) in [4.78, 5) is 22.2.